The predicted octanol–water partition coefficient (Wildman–Crippen LogP) is 3.99. The zero-order valence-corrected chi connectivity index (χ0v) is 23.1. The van der Waals surface area contributed by atoms with E-state index in [4.69, 9.17) is 13.6 Å². The SMILES string of the molecule is CC(C)(C)[Si](C)(C)OC[C@H]1O[C@@H](n2ccc(=O)[nH]c2=O)[C@H](O[Si](C)(C)C(C)(C)C)[C@@H]1C#N. The lowest BCUT2D eigenvalue weighted by Gasteiger charge is -2.40. The molecule has 1 aromatic heterocycles. The molecule has 4 atom stereocenters. The highest BCUT2D eigenvalue weighted by atomic mass is 28.4. The summed E-state index contributed by atoms with van der Waals surface area (Å²) in [6, 6.07) is 3.64. The van der Waals surface area contributed by atoms with Gasteiger partial charge in [0.05, 0.1) is 12.7 Å². The molecule has 0 aliphatic carbocycles. The lowest BCUT2D eigenvalue weighted by Crippen LogP contribution is -2.48. The van der Waals surface area contributed by atoms with Crippen LogP contribution in [0.3, 0.4) is 0 Å². The third-order valence-electron chi connectivity index (χ3n) is 7.28. The quantitative estimate of drug-likeness (QED) is 0.616. The number of hydrogen-bond acceptors (Lipinski definition) is 6. The lowest BCUT2D eigenvalue weighted by atomic mass is 10.0. The summed E-state index contributed by atoms with van der Waals surface area (Å²) in [5.74, 6) is -0.613. The molecule has 8 nitrogen and oxygen atoms in total. The normalized spacial score (nSPS) is 25.0. The number of nitrogens with one attached hydrogen (secondary N) is 1. The van der Waals surface area contributed by atoms with Crippen LogP contribution in [0.25, 0.3) is 0 Å². The molecule has 1 aliphatic rings. The van der Waals surface area contributed by atoms with E-state index in [1.54, 1.807) is 0 Å². The summed E-state index contributed by atoms with van der Waals surface area (Å²) < 4.78 is 20.6. The van der Waals surface area contributed by atoms with E-state index in [0.29, 0.717) is 0 Å². The molecular weight excluding hydrogens is 442 g/mol. The number of nitrogens with zero attached hydrogens (tertiary/aromatic N) is 2. The standard InChI is InChI=1S/C22H39N3O5Si2/c1-21(2,3)31(7,8)28-14-16-15(13-23)18(30-32(9,10)22(4,5)6)19(29-16)25-12-11-17(26)24-20(25)27/h11-12,15-16,18-19H,14H2,1-10H3,(H,24,26,27)/t15-,16-,18-,19-/m1/s1. The monoisotopic (exact) mass is 481 g/mol. The van der Waals surface area contributed by atoms with Gasteiger partial charge in [0.1, 0.15) is 18.1 Å². The van der Waals surface area contributed by atoms with E-state index in [-0.39, 0.29) is 16.7 Å². The molecule has 1 aromatic rings. The highest BCUT2D eigenvalue weighted by Gasteiger charge is 2.52. The molecule has 0 aromatic carbocycles. The molecule has 0 amide bonds. The van der Waals surface area contributed by atoms with E-state index >= 15 is 0 Å². The van der Waals surface area contributed by atoms with E-state index in [1.807, 2.05) is 0 Å². The van der Waals surface area contributed by atoms with E-state index < -0.39 is 52.2 Å². The number of nitriles is 1. The minimum Gasteiger partial charge on any atom is -0.414 e. The Morgan fingerprint density at radius 2 is 1.66 bits per heavy atom. The van der Waals surface area contributed by atoms with Crippen molar-refractivity contribution in [3.8, 4) is 6.07 Å². The number of rotatable bonds is 6. The molecule has 1 N–H and O–H groups in total. The van der Waals surface area contributed by atoms with Gasteiger partial charge in [-0.25, -0.2) is 4.79 Å². The number of ether oxygens (including phenoxy) is 1. The van der Waals surface area contributed by atoms with Gasteiger partial charge in [-0.05, 0) is 36.3 Å². The Balaban J connectivity index is 2.44. The molecular formula is C22H39N3O5Si2. The summed E-state index contributed by atoms with van der Waals surface area (Å²) in [6.07, 6.45) is -0.629. The molecule has 10 heteroatoms. The fourth-order valence-corrected chi connectivity index (χ4v) is 5.35. The van der Waals surface area contributed by atoms with Crippen LogP contribution in [-0.4, -0.2) is 45.0 Å². The summed E-state index contributed by atoms with van der Waals surface area (Å²) in [6.45, 7) is 21.6. The molecule has 0 saturated carbocycles. The minimum absolute atomic E-state index is 0.0139. The number of H-pyrrole nitrogens is 1. The average Bonchev–Trinajstić information content (AvgIpc) is 2.94. The number of aromatic nitrogens is 2. The predicted molar refractivity (Wildman–Crippen MR) is 130 cm³/mol. The van der Waals surface area contributed by atoms with Crippen molar-refractivity contribution in [2.24, 2.45) is 5.92 Å². The second kappa shape index (κ2) is 9.02. The van der Waals surface area contributed by atoms with Crippen LogP contribution in [0, 0.1) is 17.2 Å². The van der Waals surface area contributed by atoms with Gasteiger partial charge in [-0.3, -0.25) is 14.3 Å². The Kier molecular flexibility index (Phi) is 7.54. The van der Waals surface area contributed by atoms with Crippen molar-refractivity contribution < 1.29 is 13.6 Å². The Bertz CT molecular complexity index is 966. The first kappa shape index (κ1) is 26.7. The third-order valence-corrected chi connectivity index (χ3v) is 16.3. The van der Waals surface area contributed by atoms with Crippen LogP contribution >= 0.6 is 0 Å². The van der Waals surface area contributed by atoms with E-state index in [1.165, 1.54) is 16.8 Å². The van der Waals surface area contributed by atoms with Crippen molar-refractivity contribution in [1.29, 1.82) is 5.26 Å². The molecule has 2 rings (SSSR count). The van der Waals surface area contributed by atoms with Crippen molar-refractivity contribution in [3.63, 3.8) is 0 Å². The van der Waals surface area contributed by atoms with Gasteiger partial charge in [0.15, 0.2) is 22.9 Å². The molecule has 32 heavy (non-hydrogen) atoms. The van der Waals surface area contributed by atoms with Crippen LogP contribution < -0.4 is 11.2 Å². The maximum absolute atomic E-state index is 12.6. The summed E-state index contributed by atoms with van der Waals surface area (Å²) in [5.41, 5.74) is -1.07. The second-order valence-corrected chi connectivity index (χ2v) is 21.2. The molecule has 1 fully saturated rings. The van der Waals surface area contributed by atoms with Crippen LogP contribution in [0.5, 0.6) is 0 Å². The van der Waals surface area contributed by atoms with Gasteiger partial charge in [-0.2, -0.15) is 5.26 Å². The largest absolute Gasteiger partial charge is 0.414 e. The Morgan fingerprint density at radius 3 is 2.12 bits per heavy atom. The molecule has 0 radical (unpaired) electrons. The van der Waals surface area contributed by atoms with Crippen molar-refractivity contribution in [1.82, 2.24) is 9.55 Å². The van der Waals surface area contributed by atoms with Crippen LogP contribution in [-0.2, 0) is 13.6 Å². The summed E-state index contributed by atoms with van der Waals surface area (Å²) >= 11 is 0. The molecule has 1 aliphatic heterocycles. The fraction of sp³-hybridized carbons (Fsp3) is 0.773. The van der Waals surface area contributed by atoms with Crippen molar-refractivity contribution in [2.45, 2.75) is 96.2 Å². The summed E-state index contributed by atoms with van der Waals surface area (Å²) in [4.78, 5) is 26.4. The van der Waals surface area contributed by atoms with Gasteiger partial charge in [-0.15, -0.1) is 0 Å². The zero-order chi connectivity index (χ0) is 24.7. The first-order chi connectivity index (χ1) is 14.4. The third kappa shape index (κ3) is 5.51. The number of hydrogen-bond donors (Lipinski definition) is 1. The van der Waals surface area contributed by atoms with Crippen LogP contribution in [0.1, 0.15) is 47.8 Å². The van der Waals surface area contributed by atoms with Crippen LogP contribution in [0.15, 0.2) is 21.9 Å². The van der Waals surface area contributed by atoms with Gasteiger partial charge < -0.3 is 13.6 Å². The van der Waals surface area contributed by atoms with Gasteiger partial charge in [0.2, 0.25) is 0 Å². The zero-order valence-electron chi connectivity index (χ0n) is 21.1. The molecule has 0 unspecified atom stereocenters. The van der Waals surface area contributed by atoms with Crippen LogP contribution in [0.4, 0.5) is 0 Å². The second-order valence-electron chi connectivity index (χ2n) is 11.7. The molecule has 180 valence electrons. The molecule has 0 bridgehead atoms. The van der Waals surface area contributed by atoms with Crippen molar-refractivity contribution in [2.75, 3.05) is 6.61 Å². The average molecular weight is 482 g/mol. The van der Waals surface area contributed by atoms with Crippen LogP contribution in [0.2, 0.25) is 36.3 Å². The highest BCUT2D eigenvalue weighted by molar-refractivity contribution is 6.74. The number of aromatic amines is 1. The van der Waals surface area contributed by atoms with E-state index in [0.717, 1.165) is 0 Å². The van der Waals surface area contributed by atoms with E-state index in [9.17, 15) is 14.9 Å². The summed E-state index contributed by atoms with van der Waals surface area (Å²) in [7, 11) is -4.37. The topological polar surface area (TPSA) is 106 Å². The molecule has 1 saturated heterocycles. The maximum atomic E-state index is 12.6. The van der Waals surface area contributed by atoms with Gasteiger partial charge >= 0.3 is 5.69 Å². The molecule has 2 heterocycles. The van der Waals surface area contributed by atoms with Gasteiger partial charge in [-0.1, -0.05) is 41.5 Å². The maximum Gasteiger partial charge on any atom is 0.330 e. The molecule has 0 spiro atoms. The van der Waals surface area contributed by atoms with Crippen molar-refractivity contribution in [3.05, 3.63) is 33.1 Å². The lowest BCUT2D eigenvalue weighted by molar-refractivity contribution is -0.0491. The minimum atomic E-state index is -2.30. The first-order valence-electron chi connectivity index (χ1n) is 11.1. The van der Waals surface area contributed by atoms with Gasteiger partial charge in [0.25, 0.3) is 5.56 Å². The van der Waals surface area contributed by atoms with Crippen molar-refractivity contribution >= 4 is 16.6 Å². The Hall–Kier alpha value is -1.52. The Morgan fingerprint density at radius 1 is 1.09 bits per heavy atom. The fourth-order valence-electron chi connectivity index (χ4n) is 3.04. The smallest absolute Gasteiger partial charge is 0.330 e. The highest BCUT2D eigenvalue weighted by Crippen LogP contribution is 2.44. The van der Waals surface area contributed by atoms with E-state index in [2.05, 4.69) is 78.8 Å². The summed E-state index contributed by atoms with van der Waals surface area (Å²) in [5, 5.41) is 10.0. The Labute approximate surface area is 193 Å². The van der Waals surface area contributed by atoms with Gasteiger partial charge in [0, 0.05) is 12.3 Å². The first-order valence-corrected chi connectivity index (χ1v) is 16.9.